The summed E-state index contributed by atoms with van der Waals surface area (Å²) in [6.07, 6.45) is 0. The number of hydrogen-bond acceptors (Lipinski definition) is 4. The van der Waals surface area contributed by atoms with E-state index in [2.05, 4.69) is 21.2 Å². The van der Waals surface area contributed by atoms with Crippen molar-refractivity contribution in [3.8, 4) is 0 Å². The maximum absolute atomic E-state index is 13.9. The van der Waals surface area contributed by atoms with E-state index >= 15 is 0 Å². The number of sulfonamides is 1. The minimum Gasteiger partial charge on any atom is -0.352 e. The molecule has 0 fully saturated rings. The Morgan fingerprint density at radius 1 is 0.949 bits per heavy atom. The van der Waals surface area contributed by atoms with Crippen molar-refractivity contribution in [2.45, 2.75) is 51.2 Å². The van der Waals surface area contributed by atoms with E-state index in [0.29, 0.717) is 25.8 Å². The van der Waals surface area contributed by atoms with Crippen LogP contribution in [0.25, 0.3) is 0 Å². The Hall–Kier alpha value is -2.59. The zero-order valence-electron chi connectivity index (χ0n) is 22.0. The Labute approximate surface area is 248 Å². The minimum absolute atomic E-state index is 0.0132. The fraction of sp³-hybridized carbons (Fsp3) is 0.286. The third kappa shape index (κ3) is 7.97. The molecule has 11 heteroatoms. The zero-order valence-corrected chi connectivity index (χ0v) is 25.9. The molecule has 0 aliphatic carbocycles. The fourth-order valence-corrected chi connectivity index (χ4v) is 5.93. The number of hydrogen-bond donors (Lipinski definition) is 1. The summed E-state index contributed by atoms with van der Waals surface area (Å²) < 4.78 is 29.4. The largest absolute Gasteiger partial charge is 0.352 e. The van der Waals surface area contributed by atoms with Crippen LogP contribution in [0.2, 0.25) is 10.0 Å². The van der Waals surface area contributed by atoms with Gasteiger partial charge in [0.2, 0.25) is 11.8 Å². The predicted molar refractivity (Wildman–Crippen MR) is 160 cm³/mol. The molecular weight excluding hydrogens is 625 g/mol. The average Bonchev–Trinajstić information content (AvgIpc) is 2.87. The van der Waals surface area contributed by atoms with Crippen molar-refractivity contribution >= 4 is 66.7 Å². The standard InChI is InChI=1S/C28H30BrCl2N3O4S/c1-18(2)32-28(36)20(4)33(16-21-10-13-25(30)26(31)14-21)27(35)17-34(23-7-5-6-22(29)15-23)39(37,38)24-11-8-19(3)9-12-24/h5-15,18,20H,16-17H2,1-4H3,(H,32,36)/t20-/m0/s1. The Morgan fingerprint density at radius 2 is 1.62 bits per heavy atom. The molecule has 7 nitrogen and oxygen atoms in total. The number of aryl methyl sites for hydroxylation is 1. The Bertz CT molecular complexity index is 1450. The second-order valence-electron chi connectivity index (χ2n) is 9.41. The maximum Gasteiger partial charge on any atom is 0.264 e. The summed E-state index contributed by atoms with van der Waals surface area (Å²) in [6, 6.07) is 17.0. The topological polar surface area (TPSA) is 86.8 Å². The quantitative estimate of drug-likeness (QED) is 0.282. The van der Waals surface area contributed by atoms with Gasteiger partial charge in [-0.2, -0.15) is 0 Å². The average molecular weight is 655 g/mol. The van der Waals surface area contributed by atoms with Crippen molar-refractivity contribution in [3.05, 3.63) is 92.4 Å². The van der Waals surface area contributed by atoms with Gasteiger partial charge in [-0.05, 0) is 75.7 Å². The number of rotatable bonds is 10. The van der Waals surface area contributed by atoms with Crippen LogP contribution < -0.4 is 9.62 Å². The Kier molecular flexibility index (Phi) is 10.5. The summed E-state index contributed by atoms with van der Waals surface area (Å²) in [5, 5.41) is 3.48. The first-order chi connectivity index (χ1) is 18.3. The van der Waals surface area contributed by atoms with Gasteiger partial charge in [0.1, 0.15) is 12.6 Å². The van der Waals surface area contributed by atoms with E-state index in [0.717, 1.165) is 9.87 Å². The highest BCUT2D eigenvalue weighted by molar-refractivity contribution is 9.10. The number of halogens is 3. The van der Waals surface area contributed by atoms with Gasteiger partial charge in [-0.25, -0.2) is 8.42 Å². The van der Waals surface area contributed by atoms with E-state index in [9.17, 15) is 18.0 Å². The SMILES string of the molecule is Cc1ccc(S(=O)(=O)N(CC(=O)N(Cc2ccc(Cl)c(Cl)c2)[C@@H](C)C(=O)NC(C)C)c2cccc(Br)c2)cc1. The molecule has 0 spiro atoms. The number of amides is 2. The van der Waals surface area contributed by atoms with Gasteiger partial charge in [-0.3, -0.25) is 13.9 Å². The lowest BCUT2D eigenvalue weighted by molar-refractivity contribution is -0.139. The molecule has 0 bridgehead atoms. The first-order valence-electron chi connectivity index (χ1n) is 12.2. The summed E-state index contributed by atoms with van der Waals surface area (Å²) in [7, 11) is -4.14. The van der Waals surface area contributed by atoms with Crippen molar-refractivity contribution in [1.82, 2.24) is 10.2 Å². The van der Waals surface area contributed by atoms with Gasteiger partial charge in [0.05, 0.1) is 20.6 Å². The Morgan fingerprint density at radius 3 is 2.21 bits per heavy atom. The summed E-state index contributed by atoms with van der Waals surface area (Å²) >= 11 is 15.6. The summed E-state index contributed by atoms with van der Waals surface area (Å²) in [4.78, 5) is 28.3. The van der Waals surface area contributed by atoms with Gasteiger partial charge in [-0.15, -0.1) is 0 Å². The number of carbonyl (C=O) groups excluding carboxylic acids is 2. The van der Waals surface area contributed by atoms with Crippen LogP contribution in [-0.4, -0.2) is 43.8 Å². The summed E-state index contributed by atoms with van der Waals surface area (Å²) in [5.74, 6) is -0.933. The van der Waals surface area contributed by atoms with Crippen molar-refractivity contribution in [2.75, 3.05) is 10.8 Å². The molecule has 2 amide bonds. The molecule has 0 aromatic heterocycles. The number of benzene rings is 3. The molecule has 0 unspecified atom stereocenters. The molecule has 1 N–H and O–H groups in total. The third-order valence-corrected chi connectivity index (χ3v) is 8.94. The second-order valence-corrected chi connectivity index (χ2v) is 13.0. The van der Waals surface area contributed by atoms with E-state index in [1.807, 2.05) is 20.8 Å². The highest BCUT2D eigenvalue weighted by atomic mass is 79.9. The third-order valence-electron chi connectivity index (χ3n) is 5.92. The Balaban J connectivity index is 2.04. The molecule has 1 atom stereocenters. The van der Waals surface area contributed by atoms with Crippen molar-refractivity contribution in [1.29, 1.82) is 0 Å². The molecule has 0 aliphatic rings. The van der Waals surface area contributed by atoms with Crippen LogP contribution in [0.4, 0.5) is 5.69 Å². The minimum atomic E-state index is -4.14. The fourth-order valence-electron chi connectivity index (χ4n) is 3.82. The highest BCUT2D eigenvalue weighted by Crippen LogP contribution is 2.28. The van der Waals surface area contributed by atoms with Gasteiger partial charge in [0.15, 0.2) is 0 Å². The molecule has 208 valence electrons. The van der Waals surface area contributed by atoms with Crippen LogP contribution in [0.1, 0.15) is 31.9 Å². The van der Waals surface area contributed by atoms with Gasteiger partial charge in [0, 0.05) is 17.1 Å². The van der Waals surface area contributed by atoms with Crippen LogP contribution in [0.3, 0.4) is 0 Å². The van der Waals surface area contributed by atoms with E-state index in [1.165, 1.54) is 17.0 Å². The van der Waals surface area contributed by atoms with Crippen molar-refractivity contribution in [2.24, 2.45) is 0 Å². The zero-order chi connectivity index (χ0) is 28.9. The van der Waals surface area contributed by atoms with Gasteiger partial charge >= 0.3 is 0 Å². The van der Waals surface area contributed by atoms with Crippen LogP contribution in [0.5, 0.6) is 0 Å². The second kappa shape index (κ2) is 13.2. The first kappa shape index (κ1) is 30.9. The lowest BCUT2D eigenvalue weighted by Crippen LogP contribution is -2.52. The van der Waals surface area contributed by atoms with E-state index in [4.69, 9.17) is 23.2 Å². The monoisotopic (exact) mass is 653 g/mol. The number of anilines is 1. The molecule has 3 aromatic rings. The normalized spacial score (nSPS) is 12.2. The first-order valence-corrected chi connectivity index (χ1v) is 15.2. The molecule has 39 heavy (non-hydrogen) atoms. The number of nitrogens with zero attached hydrogens (tertiary/aromatic N) is 2. The molecule has 0 saturated carbocycles. The number of carbonyl (C=O) groups is 2. The van der Waals surface area contributed by atoms with Crippen LogP contribution in [-0.2, 0) is 26.2 Å². The molecular formula is C28H30BrCl2N3O4S. The smallest absolute Gasteiger partial charge is 0.264 e. The van der Waals surface area contributed by atoms with Crippen molar-refractivity contribution in [3.63, 3.8) is 0 Å². The van der Waals surface area contributed by atoms with E-state index in [1.54, 1.807) is 61.5 Å². The molecule has 0 heterocycles. The predicted octanol–water partition coefficient (Wildman–Crippen LogP) is 6.20. The molecule has 3 rings (SSSR count). The van der Waals surface area contributed by atoms with Crippen LogP contribution >= 0.6 is 39.1 Å². The highest BCUT2D eigenvalue weighted by Gasteiger charge is 2.32. The molecule has 3 aromatic carbocycles. The van der Waals surface area contributed by atoms with Crippen molar-refractivity contribution < 1.29 is 18.0 Å². The number of nitrogens with one attached hydrogen (secondary N) is 1. The van der Waals surface area contributed by atoms with Gasteiger partial charge in [0.25, 0.3) is 10.0 Å². The molecule has 0 radical (unpaired) electrons. The molecule has 0 saturated heterocycles. The maximum atomic E-state index is 13.9. The van der Waals surface area contributed by atoms with Crippen LogP contribution in [0.15, 0.2) is 76.1 Å². The molecule has 0 aliphatic heterocycles. The lowest BCUT2D eigenvalue weighted by Gasteiger charge is -2.32. The van der Waals surface area contributed by atoms with E-state index in [-0.39, 0.29) is 23.4 Å². The summed E-state index contributed by atoms with van der Waals surface area (Å²) in [6.45, 7) is 6.58. The summed E-state index contributed by atoms with van der Waals surface area (Å²) in [5.41, 5.74) is 1.83. The van der Waals surface area contributed by atoms with E-state index < -0.39 is 28.5 Å². The van der Waals surface area contributed by atoms with Gasteiger partial charge in [-0.1, -0.05) is 69.0 Å². The van der Waals surface area contributed by atoms with Gasteiger partial charge < -0.3 is 10.2 Å². The lowest BCUT2D eigenvalue weighted by atomic mass is 10.1. The van der Waals surface area contributed by atoms with Crippen LogP contribution in [0, 0.1) is 6.92 Å².